The van der Waals surface area contributed by atoms with Gasteiger partial charge in [-0.1, -0.05) is 0 Å². The fourth-order valence-electron chi connectivity index (χ4n) is 1.76. The van der Waals surface area contributed by atoms with Crippen LogP contribution in [0.25, 0.3) is 0 Å². The monoisotopic (exact) mass is 307 g/mol. The Morgan fingerprint density at radius 1 is 1.40 bits per heavy atom. The van der Waals surface area contributed by atoms with Gasteiger partial charge < -0.3 is 9.47 Å². The molecule has 1 aliphatic heterocycles. The lowest BCUT2D eigenvalue weighted by Gasteiger charge is -2.12. The molecule has 2 N–H and O–H groups in total. The van der Waals surface area contributed by atoms with Gasteiger partial charge in [0.2, 0.25) is 10.0 Å². The maximum Gasteiger partial charge on any atom is 0.344 e. The van der Waals surface area contributed by atoms with Crippen molar-refractivity contribution in [2.24, 2.45) is 5.14 Å². The third-order valence-corrected chi connectivity index (χ3v) is 3.66. The van der Waals surface area contributed by atoms with Crippen LogP contribution >= 0.6 is 0 Å². The molecule has 20 heavy (non-hydrogen) atoms. The summed E-state index contributed by atoms with van der Waals surface area (Å²) >= 11 is 0. The highest BCUT2D eigenvalue weighted by Crippen LogP contribution is 2.22. The molecule has 2 rings (SSSR count). The van der Waals surface area contributed by atoms with E-state index < -0.39 is 44.2 Å². The fraction of sp³-hybridized carbons (Fsp3) is 0.364. The van der Waals surface area contributed by atoms with E-state index in [1.165, 1.54) is 0 Å². The van der Waals surface area contributed by atoms with E-state index in [1.54, 1.807) is 0 Å². The van der Waals surface area contributed by atoms with Gasteiger partial charge >= 0.3 is 5.97 Å². The summed E-state index contributed by atoms with van der Waals surface area (Å²) in [6.07, 6.45) is -0.205. The van der Waals surface area contributed by atoms with E-state index >= 15 is 0 Å². The van der Waals surface area contributed by atoms with Crippen LogP contribution in [0.2, 0.25) is 0 Å². The molecule has 1 fully saturated rings. The number of hydrogen-bond acceptors (Lipinski definition) is 5. The first-order valence-electron chi connectivity index (χ1n) is 5.60. The number of hydrogen-bond donors (Lipinski definition) is 1. The van der Waals surface area contributed by atoms with Crippen LogP contribution in [0, 0.1) is 11.6 Å². The van der Waals surface area contributed by atoms with E-state index in [0.29, 0.717) is 25.2 Å². The zero-order valence-electron chi connectivity index (χ0n) is 10.1. The van der Waals surface area contributed by atoms with Crippen LogP contribution in [0.3, 0.4) is 0 Å². The predicted octanol–water partition coefficient (Wildman–Crippen LogP) is 0.558. The van der Waals surface area contributed by atoms with Gasteiger partial charge in [-0.3, -0.25) is 0 Å². The second-order valence-corrected chi connectivity index (χ2v) is 5.70. The number of ether oxygens (including phenoxy) is 2. The van der Waals surface area contributed by atoms with Gasteiger partial charge in [0.15, 0.2) is 5.82 Å². The van der Waals surface area contributed by atoms with Crippen molar-refractivity contribution in [3.8, 4) is 0 Å². The number of carbonyl (C=O) groups is 1. The SMILES string of the molecule is NS(=O)(=O)c1ccc(F)c(C(=O)OC2CCOC2)c1F. The Balaban J connectivity index is 2.37. The molecule has 1 atom stereocenters. The minimum Gasteiger partial charge on any atom is -0.456 e. The van der Waals surface area contributed by atoms with Crippen LogP contribution in [0.5, 0.6) is 0 Å². The normalized spacial score (nSPS) is 19.1. The zero-order chi connectivity index (χ0) is 14.9. The number of carbonyl (C=O) groups excluding carboxylic acids is 1. The maximum atomic E-state index is 13.9. The molecule has 0 aliphatic carbocycles. The number of halogens is 2. The number of primary sulfonamides is 1. The fourth-order valence-corrected chi connectivity index (χ4v) is 2.37. The average molecular weight is 307 g/mol. The Bertz CT molecular complexity index is 640. The lowest BCUT2D eigenvalue weighted by molar-refractivity contribution is 0.0259. The summed E-state index contributed by atoms with van der Waals surface area (Å²) in [5.74, 6) is -4.07. The van der Waals surface area contributed by atoms with Gasteiger partial charge in [-0.05, 0) is 12.1 Å². The Morgan fingerprint density at radius 3 is 2.65 bits per heavy atom. The Labute approximate surface area is 113 Å². The Kier molecular flexibility index (Phi) is 4.02. The van der Waals surface area contributed by atoms with Crippen LogP contribution < -0.4 is 5.14 Å². The molecule has 1 aliphatic rings. The molecule has 9 heteroatoms. The minimum absolute atomic E-state index is 0.129. The van der Waals surface area contributed by atoms with E-state index in [9.17, 15) is 22.0 Å². The van der Waals surface area contributed by atoms with Gasteiger partial charge in [-0.2, -0.15) is 0 Å². The number of sulfonamides is 1. The zero-order valence-corrected chi connectivity index (χ0v) is 11.0. The highest BCUT2D eigenvalue weighted by atomic mass is 32.2. The highest BCUT2D eigenvalue weighted by molar-refractivity contribution is 7.89. The molecular formula is C11H11F2NO5S. The third kappa shape index (κ3) is 2.94. The van der Waals surface area contributed by atoms with Gasteiger partial charge in [-0.25, -0.2) is 27.1 Å². The summed E-state index contributed by atoms with van der Waals surface area (Å²) in [7, 11) is -4.41. The summed E-state index contributed by atoms with van der Waals surface area (Å²) in [5.41, 5.74) is -1.08. The van der Waals surface area contributed by atoms with Crippen molar-refractivity contribution < 1.29 is 31.5 Å². The molecule has 0 spiro atoms. The molecule has 1 saturated heterocycles. The molecule has 0 amide bonds. The number of esters is 1. The van der Waals surface area contributed by atoms with E-state index in [-0.39, 0.29) is 6.61 Å². The Morgan fingerprint density at radius 2 is 2.10 bits per heavy atom. The second kappa shape index (κ2) is 5.43. The first-order chi connectivity index (χ1) is 9.30. The number of benzene rings is 1. The van der Waals surface area contributed by atoms with Crippen molar-refractivity contribution in [1.29, 1.82) is 0 Å². The van der Waals surface area contributed by atoms with Gasteiger partial charge in [0, 0.05) is 6.42 Å². The predicted molar refractivity (Wildman–Crippen MR) is 62.4 cm³/mol. The molecule has 0 aromatic heterocycles. The maximum absolute atomic E-state index is 13.9. The molecular weight excluding hydrogens is 296 g/mol. The molecule has 1 aromatic carbocycles. The van der Waals surface area contributed by atoms with E-state index in [1.807, 2.05) is 0 Å². The standard InChI is InChI=1S/C11H11F2NO5S/c12-7-1-2-8(20(14,16)17)10(13)9(7)11(15)19-6-3-4-18-5-6/h1-2,6H,3-5H2,(H2,14,16,17). The van der Waals surface area contributed by atoms with E-state index in [2.05, 4.69) is 0 Å². The molecule has 6 nitrogen and oxygen atoms in total. The topological polar surface area (TPSA) is 95.7 Å². The van der Waals surface area contributed by atoms with Crippen molar-refractivity contribution in [2.75, 3.05) is 13.2 Å². The third-order valence-electron chi connectivity index (χ3n) is 2.73. The molecule has 0 bridgehead atoms. The first-order valence-corrected chi connectivity index (χ1v) is 7.15. The largest absolute Gasteiger partial charge is 0.456 e. The van der Waals surface area contributed by atoms with Gasteiger partial charge in [0.25, 0.3) is 0 Å². The number of rotatable bonds is 3. The van der Waals surface area contributed by atoms with Crippen molar-refractivity contribution in [3.05, 3.63) is 29.3 Å². The van der Waals surface area contributed by atoms with Crippen molar-refractivity contribution >= 4 is 16.0 Å². The smallest absolute Gasteiger partial charge is 0.344 e. The molecule has 0 radical (unpaired) electrons. The van der Waals surface area contributed by atoms with Crippen molar-refractivity contribution in [3.63, 3.8) is 0 Å². The summed E-state index contributed by atoms with van der Waals surface area (Å²) in [5, 5.41) is 4.78. The van der Waals surface area contributed by atoms with Gasteiger partial charge in [-0.15, -0.1) is 0 Å². The summed E-state index contributed by atoms with van der Waals surface area (Å²) < 4.78 is 59.5. The van der Waals surface area contributed by atoms with Crippen molar-refractivity contribution in [1.82, 2.24) is 0 Å². The van der Waals surface area contributed by atoms with Gasteiger partial charge in [0.1, 0.15) is 22.4 Å². The molecule has 1 aromatic rings. The van der Waals surface area contributed by atoms with E-state index in [4.69, 9.17) is 14.6 Å². The summed E-state index contributed by atoms with van der Waals surface area (Å²) in [6, 6.07) is 1.29. The minimum atomic E-state index is -4.41. The first kappa shape index (κ1) is 14.8. The highest BCUT2D eigenvalue weighted by Gasteiger charge is 2.29. The Hall–Kier alpha value is -1.58. The van der Waals surface area contributed by atoms with Crippen LogP contribution in [0.15, 0.2) is 17.0 Å². The number of nitrogens with two attached hydrogens (primary N) is 1. The summed E-state index contributed by atoms with van der Waals surface area (Å²) in [6.45, 7) is 0.504. The lowest BCUT2D eigenvalue weighted by Crippen LogP contribution is -2.22. The molecule has 1 heterocycles. The van der Waals surface area contributed by atoms with Crippen LogP contribution in [0.4, 0.5) is 8.78 Å². The summed E-state index contributed by atoms with van der Waals surface area (Å²) in [4.78, 5) is 10.8. The van der Waals surface area contributed by atoms with E-state index in [0.717, 1.165) is 0 Å². The quantitative estimate of drug-likeness (QED) is 0.823. The lowest BCUT2D eigenvalue weighted by atomic mass is 10.2. The van der Waals surface area contributed by atoms with Crippen molar-refractivity contribution in [2.45, 2.75) is 17.4 Å². The average Bonchev–Trinajstić information content (AvgIpc) is 2.79. The van der Waals surface area contributed by atoms with Crippen LogP contribution in [0.1, 0.15) is 16.8 Å². The van der Waals surface area contributed by atoms with Crippen LogP contribution in [-0.4, -0.2) is 33.7 Å². The van der Waals surface area contributed by atoms with Crippen LogP contribution in [-0.2, 0) is 19.5 Å². The molecule has 110 valence electrons. The molecule has 1 unspecified atom stereocenters. The second-order valence-electron chi connectivity index (χ2n) is 4.17. The molecule has 0 saturated carbocycles. The van der Waals surface area contributed by atoms with Gasteiger partial charge in [0.05, 0.1) is 13.2 Å².